The number of benzene rings is 1. The number of phenolic OH excluding ortho intramolecular Hbond substituents is 1. The lowest BCUT2D eigenvalue weighted by atomic mass is 9.84. The third kappa shape index (κ3) is 3.21. The Morgan fingerprint density at radius 3 is 2.90 bits per heavy atom. The number of phenols is 1. The minimum Gasteiger partial charge on any atom is -0.507 e. The van der Waals surface area contributed by atoms with Gasteiger partial charge in [0, 0.05) is 18.0 Å². The van der Waals surface area contributed by atoms with Crippen molar-refractivity contribution in [3.8, 4) is 11.5 Å². The van der Waals surface area contributed by atoms with Crippen LogP contribution in [-0.4, -0.2) is 42.0 Å². The molecule has 0 aliphatic carbocycles. The van der Waals surface area contributed by atoms with Crippen LogP contribution in [0.2, 0.25) is 0 Å². The minimum absolute atomic E-state index is 0.00885. The van der Waals surface area contributed by atoms with Gasteiger partial charge in [0.25, 0.3) is 0 Å². The van der Waals surface area contributed by atoms with Crippen molar-refractivity contribution in [2.24, 2.45) is 5.92 Å². The van der Waals surface area contributed by atoms with Crippen LogP contribution < -0.4 is 4.74 Å². The molecule has 4 heteroatoms. The first-order chi connectivity index (χ1) is 10.3. The summed E-state index contributed by atoms with van der Waals surface area (Å²) in [6.45, 7) is 3.16. The molecular formula is C17H23NO3. The van der Waals surface area contributed by atoms with Crippen molar-refractivity contribution < 1.29 is 14.6 Å². The summed E-state index contributed by atoms with van der Waals surface area (Å²) >= 11 is 0. The summed E-state index contributed by atoms with van der Waals surface area (Å²) in [6, 6.07) is 5.55. The van der Waals surface area contributed by atoms with Gasteiger partial charge in [0.15, 0.2) is 6.29 Å². The topological polar surface area (TPSA) is 49.8 Å². The number of hydrogen-bond donors (Lipinski definition) is 1. The molecule has 0 bridgehead atoms. The molecule has 0 spiro atoms. The highest BCUT2D eigenvalue weighted by molar-refractivity contribution is 5.79. The SMILES string of the molecule is O=Cc1ccc(OC[C@H]2CCCN3CCCC[C@@H]23)cc1O. The molecule has 4 nitrogen and oxygen atoms in total. The maximum atomic E-state index is 10.7. The molecule has 0 amide bonds. The van der Waals surface area contributed by atoms with Gasteiger partial charge in [-0.3, -0.25) is 9.69 Å². The van der Waals surface area contributed by atoms with E-state index in [1.165, 1.54) is 51.3 Å². The number of hydrogen-bond acceptors (Lipinski definition) is 4. The predicted molar refractivity (Wildman–Crippen MR) is 80.9 cm³/mol. The Balaban J connectivity index is 1.61. The van der Waals surface area contributed by atoms with Crippen molar-refractivity contribution in [2.45, 2.75) is 38.1 Å². The average Bonchev–Trinajstić information content (AvgIpc) is 2.53. The quantitative estimate of drug-likeness (QED) is 0.866. The van der Waals surface area contributed by atoms with Gasteiger partial charge in [0.05, 0.1) is 12.2 Å². The largest absolute Gasteiger partial charge is 0.507 e. The summed E-state index contributed by atoms with van der Waals surface area (Å²) in [4.78, 5) is 13.3. The smallest absolute Gasteiger partial charge is 0.153 e. The van der Waals surface area contributed by atoms with Crippen LogP contribution >= 0.6 is 0 Å². The highest BCUT2D eigenvalue weighted by Gasteiger charge is 2.33. The molecule has 2 aliphatic heterocycles. The molecule has 2 fully saturated rings. The molecule has 0 aromatic heterocycles. The molecule has 0 unspecified atom stereocenters. The van der Waals surface area contributed by atoms with Crippen LogP contribution in [0.4, 0.5) is 0 Å². The number of aldehydes is 1. The van der Waals surface area contributed by atoms with E-state index in [0.29, 0.717) is 36.2 Å². The van der Waals surface area contributed by atoms with E-state index >= 15 is 0 Å². The molecule has 0 radical (unpaired) electrons. The van der Waals surface area contributed by atoms with Crippen LogP contribution in [0.15, 0.2) is 18.2 Å². The number of nitrogens with zero attached hydrogens (tertiary/aromatic N) is 1. The van der Waals surface area contributed by atoms with Crippen LogP contribution in [0.1, 0.15) is 42.5 Å². The monoisotopic (exact) mass is 289 g/mol. The van der Waals surface area contributed by atoms with E-state index in [1.54, 1.807) is 12.1 Å². The van der Waals surface area contributed by atoms with Gasteiger partial charge in [-0.1, -0.05) is 6.42 Å². The van der Waals surface area contributed by atoms with Gasteiger partial charge in [-0.25, -0.2) is 0 Å². The first kappa shape index (κ1) is 14.4. The Labute approximate surface area is 125 Å². The van der Waals surface area contributed by atoms with Crippen molar-refractivity contribution in [3.05, 3.63) is 23.8 Å². The lowest BCUT2D eigenvalue weighted by molar-refractivity contribution is 0.0366. The highest BCUT2D eigenvalue weighted by Crippen LogP contribution is 2.31. The number of fused-ring (bicyclic) bond motifs is 1. The van der Waals surface area contributed by atoms with E-state index in [1.807, 2.05) is 0 Å². The molecule has 21 heavy (non-hydrogen) atoms. The van der Waals surface area contributed by atoms with Crippen LogP contribution in [0.5, 0.6) is 11.5 Å². The molecule has 2 atom stereocenters. The second kappa shape index (κ2) is 6.48. The summed E-state index contributed by atoms with van der Waals surface area (Å²) in [6.07, 6.45) is 7.06. The molecule has 2 saturated heterocycles. The fourth-order valence-corrected chi connectivity index (χ4v) is 3.69. The van der Waals surface area contributed by atoms with Crippen LogP contribution in [-0.2, 0) is 0 Å². The molecule has 114 valence electrons. The summed E-state index contributed by atoms with van der Waals surface area (Å²) < 4.78 is 5.87. The zero-order valence-corrected chi connectivity index (χ0v) is 12.3. The van der Waals surface area contributed by atoms with E-state index in [0.717, 1.165) is 0 Å². The van der Waals surface area contributed by atoms with Crippen molar-refractivity contribution in [1.82, 2.24) is 4.90 Å². The number of piperidine rings is 2. The number of ether oxygens (including phenoxy) is 1. The summed E-state index contributed by atoms with van der Waals surface area (Å²) in [5.74, 6) is 1.21. The Morgan fingerprint density at radius 2 is 2.10 bits per heavy atom. The number of rotatable bonds is 4. The fourth-order valence-electron chi connectivity index (χ4n) is 3.69. The number of carbonyl (C=O) groups is 1. The first-order valence-corrected chi connectivity index (χ1v) is 7.93. The van der Waals surface area contributed by atoms with Gasteiger partial charge in [-0.05, 0) is 50.9 Å². The summed E-state index contributed by atoms with van der Waals surface area (Å²) in [5.41, 5.74) is 0.304. The van der Waals surface area contributed by atoms with Crippen LogP contribution in [0, 0.1) is 5.92 Å². The molecule has 1 N–H and O–H groups in total. The van der Waals surface area contributed by atoms with E-state index in [2.05, 4.69) is 4.90 Å². The lowest BCUT2D eigenvalue weighted by Gasteiger charge is -2.44. The number of carbonyl (C=O) groups excluding carboxylic acids is 1. The van der Waals surface area contributed by atoms with Gasteiger partial charge < -0.3 is 9.84 Å². The van der Waals surface area contributed by atoms with Crippen molar-refractivity contribution in [1.29, 1.82) is 0 Å². The molecule has 2 aliphatic rings. The predicted octanol–water partition coefficient (Wildman–Crippen LogP) is 2.85. The summed E-state index contributed by atoms with van der Waals surface area (Å²) in [5, 5.41) is 9.70. The molecular weight excluding hydrogens is 266 g/mol. The number of aromatic hydroxyl groups is 1. The van der Waals surface area contributed by atoms with Gasteiger partial charge in [-0.15, -0.1) is 0 Å². The normalized spacial score (nSPS) is 26.1. The molecule has 3 rings (SSSR count). The fraction of sp³-hybridized carbons (Fsp3) is 0.588. The van der Waals surface area contributed by atoms with Crippen molar-refractivity contribution >= 4 is 6.29 Å². The van der Waals surface area contributed by atoms with E-state index in [4.69, 9.17) is 4.74 Å². The van der Waals surface area contributed by atoms with Crippen molar-refractivity contribution in [3.63, 3.8) is 0 Å². The van der Waals surface area contributed by atoms with Crippen LogP contribution in [0.25, 0.3) is 0 Å². The van der Waals surface area contributed by atoms with Gasteiger partial charge in [0.1, 0.15) is 11.5 Å². The van der Waals surface area contributed by atoms with Gasteiger partial charge in [0.2, 0.25) is 0 Å². The highest BCUT2D eigenvalue weighted by atomic mass is 16.5. The molecule has 1 aromatic carbocycles. The second-order valence-corrected chi connectivity index (χ2v) is 6.15. The van der Waals surface area contributed by atoms with E-state index in [-0.39, 0.29) is 5.75 Å². The molecule has 1 aromatic rings. The van der Waals surface area contributed by atoms with E-state index < -0.39 is 0 Å². The summed E-state index contributed by atoms with van der Waals surface area (Å²) in [7, 11) is 0. The van der Waals surface area contributed by atoms with E-state index in [9.17, 15) is 9.90 Å². The van der Waals surface area contributed by atoms with Gasteiger partial charge >= 0.3 is 0 Å². The minimum atomic E-state index is -0.00885. The zero-order chi connectivity index (χ0) is 14.7. The van der Waals surface area contributed by atoms with Crippen molar-refractivity contribution in [2.75, 3.05) is 19.7 Å². The standard InChI is InChI=1S/C17H23NO3/c19-11-13-6-7-15(10-17(13)20)21-12-14-4-3-9-18-8-2-1-5-16(14)18/h6-7,10-11,14,16,20H,1-5,8-9,12H2/t14-,16+/m1/s1. The third-order valence-electron chi connectivity index (χ3n) is 4.82. The third-order valence-corrected chi connectivity index (χ3v) is 4.82. The second-order valence-electron chi connectivity index (χ2n) is 6.15. The molecule has 2 heterocycles. The Hall–Kier alpha value is -1.55. The Kier molecular flexibility index (Phi) is 4.44. The average molecular weight is 289 g/mol. The Morgan fingerprint density at radius 1 is 1.24 bits per heavy atom. The van der Waals surface area contributed by atoms with Crippen LogP contribution in [0.3, 0.4) is 0 Å². The van der Waals surface area contributed by atoms with Gasteiger partial charge in [-0.2, -0.15) is 0 Å². The maximum absolute atomic E-state index is 10.7. The molecule has 0 saturated carbocycles. The lowest BCUT2D eigenvalue weighted by Crippen LogP contribution is -2.49. The zero-order valence-electron chi connectivity index (χ0n) is 12.3. The first-order valence-electron chi connectivity index (χ1n) is 7.93. The Bertz CT molecular complexity index is 501. The maximum Gasteiger partial charge on any atom is 0.153 e.